The number of para-hydroxylation sites is 1. The number of hydrogen-bond donors (Lipinski definition) is 0. The summed E-state index contributed by atoms with van der Waals surface area (Å²) >= 11 is 0. The minimum atomic E-state index is -3.58. The molecule has 1 saturated heterocycles. The van der Waals surface area contributed by atoms with Crippen LogP contribution in [0.15, 0.2) is 64.3 Å². The fourth-order valence-corrected chi connectivity index (χ4v) is 5.42. The van der Waals surface area contributed by atoms with Gasteiger partial charge in [-0.3, -0.25) is 0 Å². The van der Waals surface area contributed by atoms with Crippen LogP contribution < -0.4 is 10.4 Å². The van der Waals surface area contributed by atoms with Crippen molar-refractivity contribution >= 4 is 10.0 Å². The Morgan fingerprint density at radius 3 is 2.29 bits per heavy atom. The molecule has 164 valence electrons. The highest BCUT2D eigenvalue weighted by Gasteiger charge is 2.32. The van der Waals surface area contributed by atoms with Gasteiger partial charge in [0.25, 0.3) is 0 Å². The van der Waals surface area contributed by atoms with Crippen molar-refractivity contribution in [2.45, 2.75) is 30.6 Å². The molecule has 0 aliphatic carbocycles. The number of aryl methyl sites for hydroxylation is 1. The van der Waals surface area contributed by atoms with Gasteiger partial charge < -0.3 is 4.74 Å². The predicted molar refractivity (Wildman–Crippen MR) is 117 cm³/mol. The average Bonchev–Trinajstić information content (AvgIpc) is 3.09. The summed E-state index contributed by atoms with van der Waals surface area (Å²) in [7, 11) is -1.95. The van der Waals surface area contributed by atoms with Gasteiger partial charge >= 0.3 is 5.69 Å². The Labute approximate surface area is 181 Å². The van der Waals surface area contributed by atoms with Crippen LogP contribution in [0.1, 0.15) is 31.5 Å². The van der Waals surface area contributed by atoms with Crippen molar-refractivity contribution in [2.24, 2.45) is 7.05 Å². The molecule has 0 atom stereocenters. The maximum absolute atomic E-state index is 13.1. The lowest BCUT2D eigenvalue weighted by Crippen LogP contribution is -2.38. The van der Waals surface area contributed by atoms with Crippen LogP contribution in [0.5, 0.6) is 5.75 Å². The molecule has 2 aromatic carbocycles. The normalized spacial score (nSPS) is 15.8. The monoisotopic (exact) mass is 442 g/mol. The van der Waals surface area contributed by atoms with E-state index in [0.29, 0.717) is 44.1 Å². The third-order valence-electron chi connectivity index (χ3n) is 5.56. The van der Waals surface area contributed by atoms with Gasteiger partial charge in [0.15, 0.2) is 0 Å². The lowest BCUT2D eigenvalue weighted by molar-refractivity contribution is 0.311. The second kappa shape index (κ2) is 8.68. The zero-order valence-electron chi connectivity index (χ0n) is 17.6. The van der Waals surface area contributed by atoms with Crippen LogP contribution in [0.3, 0.4) is 0 Å². The lowest BCUT2D eigenvalue weighted by Gasteiger charge is -2.30. The lowest BCUT2D eigenvalue weighted by atomic mass is 9.97. The van der Waals surface area contributed by atoms with E-state index in [0.717, 1.165) is 5.69 Å². The maximum atomic E-state index is 13.1. The molecule has 0 unspecified atom stereocenters. The van der Waals surface area contributed by atoms with E-state index in [-0.39, 0.29) is 16.5 Å². The van der Waals surface area contributed by atoms with E-state index in [4.69, 9.17) is 4.74 Å². The minimum Gasteiger partial charge on any atom is -0.494 e. The van der Waals surface area contributed by atoms with Crippen LogP contribution in [-0.2, 0) is 17.1 Å². The second-order valence-corrected chi connectivity index (χ2v) is 9.46. The molecule has 0 saturated carbocycles. The van der Waals surface area contributed by atoms with Gasteiger partial charge in [-0.1, -0.05) is 18.2 Å². The third kappa shape index (κ3) is 4.15. The summed E-state index contributed by atoms with van der Waals surface area (Å²) in [6.07, 6.45) is 1.19. The second-order valence-electron chi connectivity index (χ2n) is 7.52. The molecule has 2 heterocycles. The van der Waals surface area contributed by atoms with E-state index in [1.54, 1.807) is 35.9 Å². The smallest absolute Gasteiger partial charge is 0.350 e. The molecule has 1 aromatic heterocycles. The van der Waals surface area contributed by atoms with Crippen molar-refractivity contribution in [1.82, 2.24) is 18.7 Å². The van der Waals surface area contributed by atoms with Gasteiger partial charge in [0.1, 0.15) is 11.6 Å². The molecule has 3 aromatic rings. The molecule has 31 heavy (non-hydrogen) atoms. The molecular weight excluding hydrogens is 416 g/mol. The van der Waals surface area contributed by atoms with Crippen molar-refractivity contribution in [1.29, 1.82) is 0 Å². The highest BCUT2D eigenvalue weighted by molar-refractivity contribution is 7.89. The van der Waals surface area contributed by atoms with Crippen LogP contribution in [0.25, 0.3) is 5.69 Å². The molecule has 0 bridgehead atoms. The van der Waals surface area contributed by atoms with Crippen LogP contribution in [0.4, 0.5) is 0 Å². The highest BCUT2D eigenvalue weighted by Crippen LogP contribution is 2.30. The summed E-state index contributed by atoms with van der Waals surface area (Å²) in [6, 6.07) is 15.9. The molecule has 0 spiro atoms. The number of hydrogen-bond acceptors (Lipinski definition) is 5. The zero-order chi connectivity index (χ0) is 22.0. The first-order valence-corrected chi connectivity index (χ1v) is 11.8. The number of rotatable bonds is 6. The molecule has 0 radical (unpaired) electrons. The Hall–Kier alpha value is -2.91. The summed E-state index contributed by atoms with van der Waals surface area (Å²) in [5.74, 6) is 1.33. The van der Waals surface area contributed by atoms with Gasteiger partial charge in [-0.2, -0.15) is 9.40 Å². The van der Waals surface area contributed by atoms with Gasteiger partial charge in [0.2, 0.25) is 10.0 Å². The average molecular weight is 443 g/mol. The maximum Gasteiger partial charge on any atom is 0.350 e. The molecule has 1 aliphatic heterocycles. The number of piperidine rings is 1. The SMILES string of the molecule is CCOc1ccc(S(=O)(=O)N2CCC(c3nn(C)c(=O)n3-c3ccccc3)CC2)cc1. The number of sulfonamides is 1. The van der Waals surface area contributed by atoms with Crippen molar-refractivity contribution < 1.29 is 13.2 Å². The third-order valence-corrected chi connectivity index (χ3v) is 7.47. The topological polar surface area (TPSA) is 86.4 Å². The molecule has 0 amide bonds. The number of aromatic nitrogens is 3. The van der Waals surface area contributed by atoms with Crippen molar-refractivity contribution in [3.05, 3.63) is 70.9 Å². The Morgan fingerprint density at radius 2 is 1.68 bits per heavy atom. The van der Waals surface area contributed by atoms with Crippen LogP contribution in [-0.4, -0.2) is 46.8 Å². The van der Waals surface area contributed by atoms with Gasteiger partial charge in [-0.25, -0.2) is 22.5 Å². The van der Waals surface area contributed by atoms with E-state index < -0.39 is 10.0 Å². The minimum absolute atomic E-state index is 0.000821. The first kappa shape index (κ1) is 21.3. The van der Waals surface area contributed by atoms with Crippen LogP contribution in [0, 0.1) is 0 Å². The van der Waals surface area contributed by atoms with Crippen molar-refractivity contribution in [2.75, 3.05) is 19.7 Å². The first-order valence-electron chi connectivity index (χ1n) is 10.4. The van der Waals surface area contributed by atoms with Crippen molar-refractivity contribution in [3.63, 3.8) is 0 Å². The molecule has 8 nitrogen and oxygen atoms in total. The van der Waals surface area contributed by atoms with Gasteiger partial charge in [0.05, 0.1) is 17.2 Å². The van der Waals surface area contributed by atoms with Gasteiger partial charge in [-0.15, -0.1) is 0 Å². The van der Waals surface area contributed by atoms with Crippen LogP contribution in [0.2, 0.25) is 0 Å². The Kier molecular flexibility index (Phi) is 5.97. The Bertz CT molecular complexity index is 1190. The van der Waals surface area contributed by atoms with Crippen molar-refractivity contribution in [3.8, 4) is 11.4 Å². The molecule has 1 fully saturated rings. The van der Waals surface area contributed by atoms with E-state index >= 15 is 0 Å². The molecular formula is C22H26N4O4S. The predicted octanol–water partition coefficient (Wildman–Crippen LogP) is 2.54. The fraction of sp³-hybridized carbons (Fsp3) is 0.364. The fourth-order valence-electron chi connectivity index (χ4n) is 3.95. The summed E-state index contributed by atoms with van der Waals surface area (Å²) < 4.78 is 36.0. The van der Waals surface area contributed by atoms with E-state index in [1.165, 1.54) is 8.99 Å². The van der Waals surface area contributed by atoms with Gasteiger partial charge in [0, 0.05) is 26.1 Å². The van der Waals surface area contributed by atoms with E-state index in [9.17, 15) is 13.2 Å². The first-order chi connectivity index (χ1) is 14.9. The molecule has 4 rings (SSSR count). The van der Waals surface area contributed by atoms with Gasteiger partial charge in [-0.05, 0) is 56.2 Å². The summed E-state index contributed by atoms with van der Waals surface area (Å²) in [5.41, 5.74) is 0.561. The Morgan fingerprint density at radius 1 is 1.03 bits per heavy atom. The molecule has 1 aliphatic rings. The zero-order valence-corrected chi connectivity index (χ0v) is 18.5. The summed E-state index contributed by atoms with van der Waals surface area (Å²) in [5, 5.41) is 4.47. The summed E-state index contributed by atoms with van der Waals surface area (Å²) in [6.45, 7) is 3.16. The summed E-state index contributed by atoms with van der Waals surface area (Å²) in [4.78, 5) is 12.9. The number of nitrogens with zero attached hydrogens (tertiary/aromatic N) is 4. The largest absolute Gasteiger partial charge is 0.494 e. The van der Waals surface area contributed by atoms with Crippen LogP contribution >= 0.6 is 0 Å². The Balaban J connectivity index is 1.53. The molecule has 0 N–H and O–H groups in total. The van der Waals surface area contributed by atoms with E-state index in [2.05, 4.69) is 5.10 Å². The highest BCUT2D eigenvalue weighted by atomic mass is 32.2. The number of benzene rings is 2. The number of ether oxygens (including phenoxy) is 1. The molecule has 9 heteroatoms. The quantitative estimate of drug-likeness (QED) is 0.586. The standard InChI is InChI=1S/C22H26N4O4S/c1-3-30-19-9-11-20(12-10-19)31(28,29)25-15-13-17(14-16-25)21-23-24(2)22(27)26(21)18-7-5-4-6-8-18/h4-12,17H,3,13-16H2,1-2H3. The van der Waals surface area contributed by atoms with E-state index in [1.807, 2.05) is 37.3 Å².